The lowest BCUT2D eigenvalue weighted by molar-refractivity contribution is -0.156. The largest absolute Gasteiger partial charge is 0.458 e. The summed E-state index contributed by atoms with van der Waals surface area (Å²) in [7, 11) is 0. The number of aliphatic hydroxyl groups is 1. The smallest absolute Gasteiger partial charge is 0.309 e. The second kappa shape index (κ2) is 8.96. The number of aliphatic hydroxyl groups excluding tert-OH is 1. The molecule has 2 atom stereocenters. The van der Waals surface area contributed by atoms with E-state index in [1.165, 1.54) is 12.1 Å². The maximum absolute atomic E-state index is 13.7. The number of imidazole rings is 1. The van der Waals surface area contributed by atoms with Gasteiger partial charge in [-0.25, -0.2) is 9.37 Å². The SMILES string of the molecule is CC(C)c1nc(-c2cccc(N)c2)c(-c2ccc(F)cc2)n1C=C[C@@H]1C[C@@H](O)CC(=O)O1. The van der Waals surface area contributed by atoms with Crippen LogP contribution in [-0.2, 0) is 9.53 Å². The molecule has 3 aromatic rings. The summed E-state index contributed by atoms with van der Waals surface area (Å²) >= 11 is 0. The Morgan fingerprint density at radius 3 is 2.62 bits per heavy atom. The third-order valence-corrected chi connectivity index (χ3v) is 5.37. The predicted octanol–water partition coefficient (Wildman–Crippen LogP) is 4.60. The van der Waals surface area contributed by atoms with Crippen LogP contribution >= 0.6 is 0 Å². The molecule has 0 bridgehead atoms. The highest BCUT2D eigenvalue weighted by Crippen LogP contribution is 2.36. The van der Waals surface area contributed by atoms with Gasteiger partial charge in [0.1, 0.15) is 17.7 Å². The van der Waals surface area contributed by atoms with Crippen molar-refractivity contribution in [1.82, 2.24) is 9.55 Å². The number of cyclic esters (lactones) is 1. The maximum atomic E-state index is 13.7. The van der Waals surface area contributed by atoms with E-state index in [1.54, 1.807) is 18.2 Å². The number of halogens is 1. The predicted molar refractivity (Wildman–Crippen MR) is 122 cm³/mol. The van der Waals surface area contributed by atoms with Crippen LogP contribution in [0, 0.1) is 5.82 Å². The van der Waals surface area contributed by atoms with Crippen LogP contribution in [0.25, 0.3) is 28.7 Å². The van der Waals surface area contributed by atoms with Gasteiger partial charge in [-0.3, -0.25) is 4.79 Å². The van der Waals surface area contributed by atoms with Gasteiger partial charge in [-0.15, -0.1) is 0 Å². The number of aromatic nitrogens is 2. The van der Waals surface area contributed by atoms with E-state index in [2.05, 4.69) is 0 Å². The Hall–Kier alpha value is -3.45. The van der Waals surface area contributed by atoms with Crippen molar-refractivity contribution in [2.75, 3.05) is 5.73 Å². The van der Waals surface area contributed by atoms with Crippen molar-refractivity contribution < 1.29 is 19.0 Å². The van der Waals surface area contributed by atoms with Gasteiger partial charge in [-0.2, -0.15) is 0 Å². The minimum Gasteiger partial charge on any atom is -0.458 e. The summed E-state index contributed by atoms with van der Waals surface area (Å²) in [6.07, 6.45) is 2.65. The summed E-state index contributed by atoms with van der Waals surface area (Å²) in [5, 5.41) is 9.93. The van der Waals surface area contributed by atoms with Gasteiger partial charge in [0.15, 0.2) is 0 Å². The van der Waals surface area contributed by atoms with E-state index in [4.69, 9.17) is 15.5 Å². The first-order valence-electron chi connectivity index (χ1n) is 10.6. The van der Waals surface area contributed by atoms with Crippen molar-refractivity contribution in [2.24, 2.45) is 0 Å². The normalized spacial score (nSPS) is 19.0. The average Bonchev–Trinajstić information content (AvgIpc) is 3.12. The second-order valence-electron chi connectivity index (χ2n) is 8.29. The topological polar surface area (TPSA) is 90.4 Å². The van der Waals surface area contributed by atoms with Crippen LogP contribution in [0.1, 0.15) is 38.4 Å². The lowest BCUT2D eigenvalue weighted by Gasteiger charge is -2.23. The van der Waals surface area contributed by atoms with E-state index in [0.29, 0.717) is 12.1 Å². The summed E-state index contributed by atoms with van der Waals surface area (Å²) in [6, 6.07) is 13.7. The second-order valence-corrected chi connectivity index (χ2v) is 8.29. The third-order valence-electron chi connectivity index (χ3n) is 5.37. The fraction of sp³-hybridized carbons (Fsp3) is 0.280. The number of nitrogens with two attached hydrogens (primary N) is 1. The van der Waals surface area contributed by atoms with Crippen LogP contribution < -0.4 is 5.73 Å². The molecule has 0 aliphatic carbocycles. The van der Waals surface area contributed by atoms with Crippen molar-refractivity contribution in [3.8, 4) is 22.5 Å². The molecule has 1 aliphatic rings. The van der Waals surface area contributed by atoms with Gasteiger partial charge in [0.2, 0.25) is 0 Å². The van der Waals surface area contributed by atoms with E-state index in [9.17, 15) is 14.3 Å². The molecule has 6 nitrogen and oxygen atoms in total. The number of hydrogen-bond donors (Lipinski definition) is 2. The summed E-state index contributed by atoms with van der Waals surface area (Å²) < 4.78 is 20.9. The molecule has 1 saturated heterocycles. The number of ether oxygens (including phenoxy) is 1. The zero-order valence-electron chi connectivity index (χ0n) is 18.0. The Labute approximate surface area is 186 Å². The number of anilines is 1. The fourth-order valence-corrected chi connectivity index (χ4v) is 3.89. The lowest BCUT2D eigenvalue weighted by Crippen LogP contribution is -2.31. The van der Waals surface area contributed by atoms with Crippen LogP contribution in [0.15, 0.2) is 54.6 Å². The summed E-state index contributed by atoms with van der Waals surface area (Å²) in [6.45, 7) is 4.07. The van der Waals surface area contributed by atoms with Crippen molar-refractivity contribution >= 4 is 17.9 Å². The van der Waals surface area contributed by atoms with E-state index in [-0.39, 0.29) is 18.2 Å². The van der Waals surface area contributed by atoms with E-state index in [0.717, 1.165) is 28.3 Å². The number of rotatable bonds is 5. The first kappa shape index (κ1) is 21.8. The molecule has 1 aromatic heterocycles. The molecule has 3 N–H and O–H groups in total. The summed E-state index contributed by atoms with van der Waals surface area (Å²) in [4.78, 5) is 16.6. The highest BCUT2D eigenvalue weighted by atomic mass is 19.1. The molecule has 166 valence electrons. The monoisotopic (exact) mass is 435 g/mol. The van der Waals surface area contributed by atoms with Crippen LogP contribution in [0.2, 0.25) is 0 Å². The van der Waals surface area contributed by atoms with Crippen LogP contribution in [0.4, 0.5) is 10.1 Å². The van der Waals surface area contributed by atoms with Crippen molar-refractivity contribution in [3.63, 3.8) is 0 Å². The fourth-order valence-electron chi connectivity index (χ4n) is 3.89. The van der Waals surface area contributed by atoms with Crippen molar-refractivity contribution in [2.45, 2.75) is 44.8 Å². The number of carbonyl (C=O) groups is 1. The summed E-state index contributed by atoms with van der Waals surface area (Å²) in [5.41, 5.74) is 9.77. The highest BCUT2D eigenvalue weighted by Gasteiger charge is 2.26. The Balaban J connectivity index is 1.88. The molecule has 2 aromatic carbocycles. The Bertz CT molecular complexity index is 1150. The molecule has 0 amide bonds. The molecule has 0 spiro atoms. The van der Waals surface area contributed by atoms with Crippen LogP contribution in [0.5, 0.6) is 0 Å². The van der Waals surface area contributed by atoms with Crippen LogP contribution in [0.3, 0.4) is 0 Å². The minimum atomic E-state index is -0.724. The molecule has 2 heterocycles. The van der Waals surface area contributed by atoms with E-state index >= 15 is 0 Å². The number of carbonyl (C=O) groups excluding carboxylic acids is 1. The number of benzene rings is 2. The number of esters is 1. The molecule has 32 heavy (non-hydrogen) atoms. The highest BCUT2D eigenvalue weighted by molar-refractivity contribution is 5.82. The zero-order valence-corrected chi connectivity index (χ0v) is 18.0. The molecular formula is C25H26FN3O3. The summed E-state index contributed by atoms with van der Waals surface area (Å²) in [5.74, 6) is 0.120. The zero-order chi connectivity index (χ0) is 22.8. The van der Waals surface area contributed by atoms with Gasteiger partial charge in [-0.1, -0.05) is 26.0 Å². The molecule has 1 fully saturated rings. The standard InChI is InChI=1S/C25H26FN3O3/c1-15(2)25-28-23(17-4-3-5-19(27)12-17)24(16-6-8-18(26)9-7-16)29(25)11-10-21-13-20(30)14-22(31)32-21/h3-12,15,20-21,30H,13-14,27H2,1-2H3/t20-,21-/m1/s1. The lowest BCUT2D eigenvalue weighted by atomic mass is 10.0. The van der Waals surface area contributed by atoms with E-state index < -0.39 is 18.2 Å². The van der Waals surface area contributed by atoms with Gasteiger partial charge >= 0.3 is 5.97 Å². The van der Waals surface area contributed by atoms with Gasteiger partial charge in [0.25, 0.3) is 0 Å². The van der Waals surface area contributed by atoms with Gasteiger partial charge in [0, 0.05) is 35.4 Å². The molecule has 1 aliphatic heterocycles. The third kappa shape index (κ3) is 4.57. The number of hydrogen-bond acceptors (Lipinski definition) is 5. The first-order chi connectivity index (χ1) is 15.3. The van der Waals surface area contributed by atoms with Gasteiger partial charge in [-0.05, 0) is 42.5 Å². The quantitative estimate of drug-likeness (QED) is 0.452. The minimum absolute atomic E-state index is 0.00701. The van der Waals surface area contributed by atoms with Crippen molar-refractivity contribution in [1.29, 1.82) is 0 Å². The Morgan fingerprint density at radius 2 is 1.97 bits per heavy atom. The number of nitrogen functional groups attached to an aromatic ring is 1. The first-order valence-corrected chi connectivity index (χ1v) is 10.6. The maximum Gasteiger partial charge on any atom is 0.309 e. The molecule has 0 saturated carbocycles. The average molecular weight is 435 g/mol. The molecular weight excluding hydrogens is 409 g/mol. The molecule has 4 rings (SSSR count). The molecule has 0 unspecified atom stereocenters. The molecule has 0 radical (unpaired) electrons. The Morgan fingerprint density at radius 1 is 1.22 bits per heavy atom. The Kier molecular flexibility index (Phi) is 6.10. The van der Waals surface area contributed by atoms with Gasteiger partial charge in [0.05, 0.1) is 23.9 Å². The van der Waals surface area contributed by atoms with Gasteiger partial charge < -0.3 is 20.1 Å². The molecule has 7 heteroatoms. The van der Waals surface area contributed by atoms with Crippen molar-refractivity contribution in [3.05, 3.63) is 66.2 Å². The number of nitrogens with zero attached hydrogens (tertiary/aromatic N) is 2. The van der Waals surface area contributed by atoms with Crippen LogP contribution in [-0.4, -0.2) is 32.8 Å². The van der Waals surface area contributed by atoms with E-state index in [1.807, 2.05) is 48.9 Å².